The number of nitrogens with zero attached hydrogens (tertiary/aromatic N) is 4. The quantitative estimate of drug-likeness (QED) is 0.844. The standard InChI is InChI=1S/C18H25N5O/c1-13(2)12-20-17(24)16-11-14(3)21-18(22-16)23(4)10-7-15-5-8-19-9-6-15/h5-6,8-9,11,13H,7,10,12H2,1-4H3,(H,20,24). The van der Waals surface area contributed by atoms with Crippen LogP contribution < -0.4 is 10.2 Å². The number of anilines is 1. The van der Waals surface area contributed by atoms with Crippen LogP contribution in [-0.2, 0) is 6.42 Å². The molecule has 24 heavy (non-hydrogen) atoms. The van der Waals surface area contributed by atoms with Crippen molar-refractivity contribution in [2.45, 2.75) is 27.2 Å². The molecule has 0 aliphatic heterocycles. The highest BCUT2D eigenvalue weighted by Gasteiger charge is 2.13. The monoisotopic (exact) mass is 327 g/mol. The molecule has 0 atom stereocenters. The number of likely N-dealkylation sites (N-methyl/N-ethyl adjacent to an activating group) is 1. The van der Waals surface area contributed by atoms with Gasteiger partial charge in [-0.1, -0.05) is 13.8 Å². The Balaban J connectivity index is 2.05. The first-order valence-corrected chi connectivity index (χ1v) is 8.19. The maximum Gasteiger partial charge on any atom is 0.270 e. The van der Waals surface area contributed by atoms with Crippen LogP contribution in [0.3, 0.4) is 0 Å². The predicted molar refractivity (Wildman–Crippen MR) is 95.2 cm³/mol. The molecule has 0 aliphatic carbocycles. The molecule has 1 amide bonds. The number of carbonyl (C=O) groups excluding carboxylic acids is 1. The number of amides is 1. The Bertz CT molecular complexity index is 672. The molecular weight excluding hydrogens is 302 g/mol. The SMILES string of the molecule is Cc1cc(C(=O)NCC(C)C)nc(N(C)CCc2ccncc2)n1. The average molecular weight is 327 g/mol. The van der Waals surface area contributed by atoms with Crippen molar-refractivity contribution in [3.63, 3.8) is 0 Å². The summed E-state index contributed by atoms with van der Waals surface area (Å²) in [6.07, 6.45) is 4.44. The van der Waals surface area contributed by atoms with E-state index in [2.05, 4.69) is 34.1 Å². The van der Waals surface area contributed by atoms with Crippen LogP contribution in [0.2, 0.25) is 0 Å². The molecule has 0 aromatic carbocycles. The van der Waals surface area contributed by atoms with Crippen molar-refractivity contribution in [3.05, 3.63) is 47.5 Å². The molecule has 6 heteroatoms. The summed E-state index contributed by atoms with van der Waals surface area (Å²) in [7, 11) is 1.94. The number of hydrogen-bond donors (Lipinski definition) is 1. The molecule has 6 nitrogen and oxygen atoms in total. The van der Waals surface area contributed by atoms with Gasteiger partial charge in [0.25, 0.3) is 5.91 Å². The molecular formula is C18H25N5O. The zero-order valence-corrected chi connectivity index (χ0v) is 14.8. The van der Waals surface area contributed by atoms with Gasteiger partial charge in [0.15, 0.2) is 0 Å². The van der Waals surface area contributed by atoms with E-state index in [-0.39, 0.29) is 5.91 Å². The van der Waals surface area contributed by atoms with E-state index in [1.165, 1.54) is 5.56 Å². The van der Waals surface area contributed by atoms with E-state index >= 15 is 0 Å². The summed E-state index contributed by atoms with van der Waals surface area (Å²) in [4.78, 5) is 27.1. The second-order valence-electron chi connectivity index (χ2n) is 6.33. The zero-order valence-electron chi connectivity index (χ0n) is 14.8. The van der Waals surface area contributed by atoms with Crippen molar-refractivity contribution < 1.29 is 4.79 Å². The summed E-state index contributed by atoms with van der Waals surface area (Å²) < 4.78 is 0. The van der Waals surface area contributed by atoms with Gasteiger partial charge in [-0.2, -0.15) is 0 Å². The predicted octanol–water partition coefficient (Wildman–Crippen LogP) is 2.24. The van der Waals surface area contributed by atoms with Gasteiger partial charge in [0.05, 0.1) is 0 Å². The molecule has 0 spiro atoms. The normalized spacial score (nSPS) is 10.7. The highest BCUT2D eigenvalue weighted by molar-refractivity contribution is 5.92. The zero-order chi connectivity index (χ0) is 17.5. The number of nitrogens with one attached hydrogen (secondary N) is 1. The maximum atomic E-state index is 12.2. The van der Waals surface area contributed by atoms with Gasteiger partial charge >= 0.3 is 0 Å². The lowest BCUT2D eigenvalue weighted by atomic mass is 10.2. The van der Waals surface area contributed by atoms with Gasteiger partial charge in [0, 0.05) is 38.2 Å². The number of aryl methyl sites for hydroxylation is 1. The van der Waals surface area contributed by atoms with Gasteiger partial charge in [-0.15, -0.1) is 0 Å². The van der Waals surface area contributed by atoms with Gasteiger partial charge in [0.2, 0.25) is 5.95 Å². The van der Waals surface area contributed by atoms with Gasteiger partial charge in [-0.3, -0.25) is 9.78 Å². The van der Waals surface area contributed by atoms with Crippen LogP contribution in [0, 0.1) is 12.8 Å². The van der Waals surface area contributed by atoms with Crippen LogP contribution in [0.15, 0.2) is 30.6 Å². The summed E-state index contributed by atoms with van der Waals surface area (Å²) in [5.41, 5.74) is 2.40. The molecule has 0 saturated carbocycles. The Morgan fingerprint density at radius 3 is 2.62 bits per heavy atom. The Labute approximate surface area is 143 Å². The van der Waals surface area contributed by atoms with Crippen molar-refractivity contribution >= 4 is 11.9 Å². The van der Waals surface area contributed by atoms with Crippen LogP contribution in [-0.4, -0.2) is 41.0 Å². The van der Waals surface area contributed by atoms with E-state index in [1.807, 2.05) is 31.0 Å². The second-order valence-corrected chi connectivity index (χ2v) is 6.33. The number of carbonyl (C=O) groups is 1. The smallest absolute Gasteiger partial charge is 0.270 e. The summed E-state index contributed by atoms with van der Waals surface area (Å²) in [5.74, 6) is 0.816. The fraction of sp³-hybridized carbons (Fsp3) is 0.444. The van der Waals surface area contributed by atoms with E-state index in [1.54, 1.807) is 18.5 Å². The van der Waals surface area contributed by atoms with Crippen molar-refractivity contribution in [1.29, 1.82) is 0 Å². The lowest BCUT2D eigenvalue weighted by Gasteiger charge is -2.18. The highest BCUT2D eigenvalue weighted by atomic mass is 16.1. The van der Waals surface area contributed by atoms with Crippen LogP contribution in [0.1, 0.15) is 35.6 Å². The third-order valence-corrected chi connectivity index (χ3v) is 3.57. The molecule has 0 fully saturated rings. The fourth-order valence-electron chi connectivity index (χ4n) is 2.17. The third kappa shape index (κ3) is 5.30. The summed E-state index contributed by atoms with van der Waals surface area (Å²) in [6, 6.07) is 5.71. The van der Waals surface area contributed by atoms with Crippen molar-refractivity contribution in [2.75, 3.05) is 25.0 Å². The van der Waals surface area contributed by atoms with Crippen LogP contribution in [0.4, 0.5) is 5.95 Å². The van der Waals surface area contributed by atoms with E-state index in [4.69, 9.17) is 0 Å². The molecule has 1 N–H and O–H groups in total. The number of hydrogen-bond acceptors (Lipinski definition) is 5. The minimum absolute atomic E-state index is 0.155. The average Bonchev–Trinajstić information content (AvgIpc) is 2.57. The molecule has 2 rings (SSSR count). The van der Waals surface area contributed by atoms with Crippen molar-refractivity contribution in [2.24, 2.45) is 5.92 Å². The summed E-state index contributed by atoms with van der Waals surface area (Å²) in [6.45, 7) is 7.39. The largest absolute Gasteiger partial charge is 0.350 e. The third-order valence-electron chi connectivity index (χ3n) is 3.57. The summed E-state index contributed by atoms with van der Waals surface area (Å²) >= 11 is 0. The number of aromatic nitrogens is 3. The van der Waals surface area contributed by atoms with Crippen LogP contribution >= 0.6 is 0 Å². The molecule has 2 heterocycles. The molecule has 0 aliphatic rings. The van der Waals surface area contributed by atoms with Gasteiger partial charge < -0.3 is 10.2 Å². The number of rotatable bonds is 7. The Morgan fingerprint density at radius 2 is 1.96 bits per heavy atom. The van der Waals surface area contributed by atoms with Gasteiger partial charge in [0.1, 0.15) is 5.69 Å². The number of pyridine rings is 1. The molecule has 0 unspecified atom stereocenters. The van der Waals surface area contributed by atoms with E-state index in [0.29, 0.717) is 24.1 Å². The van der Waals surface area contributed by atoms with E-state index in [0.717, 1.165) is 18.7 Å². The molecule has 0 saturated heterocycles. The molecule has 0 bridgehead atoms. The van der Waals surface area contributed by atoms with Gasteiger partial charge in [-0.05, 0) is 43.0 Å². The fourth-order valence-corrected chi connectivity index (χ4v) is 2.17. The van der Waals surface area contributed by atoms with Crippen LogP contribution in [0.5, 0.6) is 0 Å². The molecule has 0 radical (unpaired) electrons. The topological polar surface area (TPSA) is 71.0 Å². The first-order chi connectivity index (χ1) is 11.5. The maximum absolute atomic E-state index is 12.2. The Morgan fingerprint density at radius 1 is 1.25 bits per heavy atom. The van der Waals surface area contributed by atoms with Gasteiger partial charge in [-0.25, -0.2) is 9.97 Å². The van der Waals surface area contributed by atoms with Crippen molar-refractivity contribution in [1.82, 2.24) is 20.3 Å². The lowest BCUT2D eigenvalue weighted by molar-refractivity contribution is 0.0944. The molecule has 2 aromatic rings. The van der Waals surface area contributed by atoms with E-state index < -0.39 is 0 Å². The first-order valence-electron chi connectivity index (χ1n) is 8.19. The Kier molecular flexibility index (Phi) is 6.23. The highest BCUT2D eigenvalue weighted by Crippen LogP contribution is 2.10. The summed E-state index contributed by atoms with van der Waals surface area (Å²) in [5, 5.41) is 2.89. The Hall–Kier alpha value is -2.50. The lowest BCUT2D eigenvalue weighted by Crippen LogP contribution is -2.29. The van der Waals surface area contributed by atoms with Crippen molar-refractivity contribution in [3.8, 4) is 0 Å². The molecule has 2 aromatic heterocycles. The second kappa shape index (κ2) is 8.38. The minimum Gasteiger partial charge on any atom is -0.350 e. The minimum atomic E-state index is -0.155. The van der Waals surface area contributed by atoms with E-state index in [9.17, 15) is 4.79 Å². The van der Waals surface area contributed by atoms with Crippen LogP contribution in [0.25, 0.3) is 0 Å². The molecule has 128 valence electrons. The first kappa shape index (κ1) is 17.8.